The Morgan fingerprint density at radius 1 is 1.21 bits per heavy atom. The van der Waals surface area contributed by atoms with Gasteiger partial charge in [-0.1, -0.05) is 19.9 Å². The van der Waals surface area contributed by atoms with Crippen LogP contribution in [0.15, 0.2) is 24.5 Å². The lowest BCUT2D eigenvalue weighted by molar-refractivity contribution is -0.142. The Morgan fingerprint density at radius 3 is 2.65 bits per heavy atom. The minimum Gasteiger partial charge on any atom is -0.388 e. The highest BCUT2D eigenvalue weighted by Gasteiger charge is 2.30. The van der Waals surface area contributed by atoms with Crippen LogP contribution in [0.4, 0.5) is 0 Å². The number of carbonyl (C=O) groups excluding carboxylic acids is 2. The van der Waals surface area contributed by atoms with Gasteiger partial charge in [-0.05, 0) is 36.8 Å². The molecular weight excluding hydrogens is 438 g/mol. The van der Waals surface area contributed by atoms with Crippen molar-refractivity contribution in [2.45, 2.75) is 64.8 Å². The number of nitrogens with zero attached hydrogens (tertiary/aromatic N) is 3. The maximum Gasteiger partial charge on any atom is 0.227 e. The summed E-state index contributed by atoms with van der Waals surface area (Å²) in [6.45, 7) is 7.79. The maximum atomic E-state index is 13.0. The molecule has 2 amide bonds. The molecule has 9 heteroatoms. The van der Waals surface area contributed by atoms with E-state index in [1.54, 1.807) is 28.3 Å². The van der Waals surface area contributed by atoms with Crippen molar-refractivity contribution in [1.29, 1.82) is 0 Å². The summed E-state index contributed by atoms with van der Waals surface area (Å²) in [5.74, 6) is 0.221. The zero-order valence-electron chi connectivity index (χ0n) is 20.8. The lowest BCUT2D eigenvalue weighted by Crippen LogP contribution is -2.50. The standard InChI is InChI=1S/C25H41N3O6/c1-19(2)8-14-34-23-17-28(20(3)29)12-11-27(24(31)15-21-7-6-9-26-16-21)10-4-5-13-33-18-22(30)25(23)32/h6-7,9,16,19,22-23,25,30,32H,4-5,8,10-15,17-18H2,1-3H3/t22-,23-,25-/m1/s1. The van der Waals surface area contributed by atoms with Crippen molar-refractivity contribution in [3.8, 4) is 0 Å². The molecule has 9 nitrogen and oxygen atoms in total. The summed E-state index contributed by atoms with van der Waals surface area (Å²) in [6, 6.07) is 3.68. The molecule has 0 bridgehead atoms. The Hall–Kier alpha value is -2.07. The van der Waals surface area contributed by atoms with Crippen molar-refractivity contribution < 1.29 is 29.3 Å². The van der Waals surface area contributed by atoms with Gasteiger partial charge in [-0.3, -0.25) is 14.6 Å². The van der Waals surface area contributed by atoms with Gasteiger partial charge < -0.3 is 29.5 Å². The highest BCUT2D eigenvalue weighted by Crippen LogP contribution is 2.13. The van der Waals surface area contributed by atoms with Gasteiger partial charge in [-0.25, -0.2) is 0 Å². The number of hydrogen-bond donors (Lipinski definition) is 2. The molecule has 0 radical (unpaired) electrons. The van der Waals surface area contributed by atoms with E-state index >= 15 is 0 Å². The number of rotatable bonds is 6. The highest BCUT2D eigenvalue weighted by atomic mass is 16.5. The van der Waals surface area contributed by atoms with Crippen LogP contribution >= 0.6 is 0 Å². The van der Waals surface area contributed by atoms with Crippen molar-refractivity contribution in [2.24, 2.45) is 5.92 Å². The summed E-state index contributed by atoms with van der Waals surface area (Å²) in [7, 11) is 0. The monoisotopic (exact) mass is 479 g/mol. The molecule has 2 N–H and O–H groups in total. The van der Waals surface area contributed by atoms with Crippen molar-refractivity contribution in [2.75, 3.05) is 46.0 Å². The van der Waals surface area contributed by atoms with E-state index in [0.717, 1.165) is 18.4 Å². The molecule has 2 rings (SSSR count). The Morgan fingerprint density at radius 2 is 1.97 bits per heavy atom. The lowest BCUT2D eigenvalue weighted by atomic mass is 10.1. The van der Waals surface area contributed by atoms with Crippen LogP contribution in [0.5, 0.6) is 0 Å². The molecule has 1 aromatic heterocycles. The summed E-state index contributed by atoms with van der Waals surface area (Å²) in [6.07, 6.45) is 2.78. The van der Waals surface area contributed by atoms with E-state index in [9.17, 15) is 19.8 Å². The zero-order valence-corrected chi connectivity index (χ0v) is 20.8. The minimum absolute atomic E-state index is 0.0189. The molecule has 192 valence electrons. The van der Waals surface area contributed by atoms with E-state index in [1.807, 2.05) is 6.07 Å². The number of aliphatic hydroxyl groups is 2. The molecule has 0 aromatic carbocycles. The van der Waals surface area contributed by atoms with Crippen molar-refractivity contribution in [3.05, 3.63) is 30.1 Å². The average Bonchev–Trinajstić information content (AvgIpc) is 2.80. The van der Waals surface area contributed by atoms with E-state index in [-0.39, 0.29) is 31.4 Å². The fourth-order valence-electron chi connectivity index (χ4n) is 3.76. The number of ether oxygens (including phenoxy) is 2. The second-order valence-corrected chi connectivity index (χ2v) is 9.32. The molecule has 1 aromatic rings. The van der Waals surface area contributed by atoms with Crippen LogP contribution in [0, 0.1) is 5.92 Å². The number of aliphatic hydroxyl groups excluding tert-OH is 2. The summed E-state index contributed by atoms with van der Waals surface area (Å²) in [5.41, 5.74) is 0.842. The first-order valence-corrected chi connectivity index (χ1v) is 12.3. The van der Waals surface area contributed by atoms with Gasteiger partial charge in [0.2, 0.25) is 11.8 Å². The van der Waals surface area contributed by atoms with Crippen molar-refractivity contribution in [3.63, 3.8) is 0 Å². The predicted octanol–water partition coefficient (Wildman–Crippen LogP) is 1.26. The van der Waals surface area contributed by atoms with E-state index in [2.05, 4.69) is 18.8 Å². The van der Waals surface area contributed by atoms with E-state index in [0.29, 0.717) is 45.2 Å². The third kappa shape index (κ3) is 10.0. The van der Waals surface area contributed by atoms with Crippen LogP contribution in [0.25, 0.3) is 0 Å². The van der Waals surface area contributed by atoms with Gasteiger partial charge in [0, 0.05) is 58.7 Å². The summed E-state index contributed by atoms with van der Waals surface area (Å²) in [4.78, 5) is 32.9. The average molecular weight is 480 g/mol. The fourth-order valence-corrected chi connectivity index (χ4v) is 3.76. The Kier molecular flexibility index (Phi) is 12.5. The van der Waals surface area contributed by atoms with Gasteiger partial charge in [0.15, 0.2) is 0 Å². The van der Waals surface area contributed by atoms with Crippen LogP contribution in [0.1, 0.15) is 45.6 Å². The van der Waals surface area contributed by atoms with Gasteiger partial charge in [0.1, 0.15) is 18.3 Å². The molecule has 2 heterocycles. The molecule has 1 aliphatic heterocycles. The van der Waals surface area contributed by atoms with E-state index in [1.165, 1.54) is 6.92 Å². The summed E-state index contributed by atoms with van der Waals surface area (Å²) < 4.78 is 11.5. The normalized spacial score (nSPS) is 23.5. The van der Waals surface area contributed by atoms with Gasteiger partial charge >= 0.3 is 0 Å². The molecule has 1 saturated heterocycles. The Balaban J connectivity index is 2.13. The van der Waals surface area contributed by atoms with Gasteiger partial charge in [-0.15, -0.1) is 0 Å². The van der Waals surface area contributed by atoms with Crippen LogP contribution in [0.2, 0.25) is 0 Å². The number of aromatic nitrogens is 1. The fraction of sp³-hybridized carbons (Fsp3) is 0.720. The predicted molar refractivity (Wildman–Crippen MR) is 128 cm³/mol. The number of carbonyl (C=O) groups is 2. The molecule has 0 aliphatic carbocycles. The zero-order chi connectivity index (χ0) is 24.9. The van der Waals surface area contributed by atoms with Crippen LogP contribution in [-0.2, 0) is 25.5 Å². The first kappa shape index (κ1) is 28.2. The smallest absolute Gasteiger partial charge is 0.227 e. The number of amides is 2. The van der Waals surface area contributed by atoms with E-state index < -0.39 is 18.3 Å². The van der Waals surface area contributed by atoms with Gasteiger partial charge in [0.25, 0.3) is 0 Å². The Bertz CT molecular complexity index is 733. The molecular formula is C25H41N3O6. The third-order valence-electron chi connectivity index (χ3n) is 5.97. The first-order chi connectivity index (χ1) is 16.3. The lowest BCUT2D eigenvalue weighted by Gasteiger charge is -2.33. The highest BCUT2D eigenvalue weighted by molar-refractivity contribution is 5.79. The van der Waals surface area contributed by atoms with Crippen LogP contribution in [-0.4, -0.2) is 101 Å². The second kappa shape index (κ2) is 15.0. The van der Waals surface area contributed by atoms with Gasteiger partial charge in [-0.2, -0.15) is 0 Å². The minimum atomic E-state index is -1.19. The SMILES string of the molecule is CC(=O)N1CCN(C(=O)Cc2cccnc2)CCCCOC[C@@H](O)[C@@H](O)[C@H](OCCC(C)C)C1. The van der Waals surface area contributed by atoms with E-state index in [4.69, 9.17) is 9.47 Å². The van der Waals surface area contributed by atoms with Crippen molar-refractivity contribution >= 4 is 11.8 Å². The third-order valence-corrected chi connectivity index (χ3v) is 5.97. The number of hydrogen-bond acceptors (Lipinski definition) is 7. The summed E-state index contributed by atoms with van der Waals surface area (Å²) in [5, 5.41) is 21.2. The summed E-state index contributed by atoms with van der Waals surface area (Å²) >= 11 is 0. The topological polar surface area (TPSA) is 112 Å². The largest absolute Gasteiger partial charge is 0.388 e. The molecule has 0 unspecified atom stereocenters. The van der Waals surface area contributed by atoms with Crippen LogP contribution < -0.4 is 0 Å². The molecule has 0 spiro atoms. The first-order valence-electron chi connectivity index (χ1n) is 12.3. The second-order valence-electron chi connectivity index (χ2n) is 9.32. The molecule has 34 heavy (non-hydrogen) atoms. The number of pyridine rings is 1. The Labute approximate surface area is 203 Å². The maximum absolute atomic E-state index is 13.0. The molecule has 1 fully saturated rings. The van der Waals surface area contributed by atoms with Crippen LogP contribution in [0.3, 0.4) is 0 Å². The van der Waals surface area contributed by atoms with Gasteiger partial charge in [0.05, 0.1) is 13.0 Å². The van der Waals surface area contributed by atoms with Crippen molar-refractivity contribution in [1.82, 2.24) is 14.8 Å². The quantitative estimate of drug-likeness (QED) is 0.632. The molecule has 3 atom stereocenters. The molecule has 0 saturated carbocycles. The molecule has 1 aliphatic rings.